The predicted molar refractivity (Wildman–Crippen MR) is 79.1 cm³/mol. The van der Waals surface area contributed by atoms with Crippen LogP contribution >= 0.6 is 23.4 Å². The van der Waals surface area contributed by atoms with Crippen molar-refractivity contribution < 1.29 is 14.7 Å². The lowest BCUT2D eigenvalue weighted by Crippen LogP contribution is -2.41. The standard InChI is InChI=1S/C14H16ClNO3S/c15-10-3-5-11(6-4-10)20-8-13(17)16-12(14(18)19)7-9-1-2-9/h3-6,9,12H,1-2,7-8H2,(H,16,17)(H,18,19). The number of carboxylic acid groups (broad SMARTS) is 1. The molecular formula is C14H16ClNO3S. The first-order valence-electron chi connectivity index (χ1n) is 6.45. The third kappa shape index (κ3) is 5.06. The SMILES string of the molecule is O=C(CSc1ccc(Cl)cc1)NC(CC1CC1)C(=O)O. The van der Waals surface area contributed by atoms with Gasteiger partial charge in [-0.3, -0.25) is 4.79 Å². The van der Waals surface area contributed by atoms with Crippen LogP contribution in [-0.4, -0.2) is 28.8 Å². The van der Waals surface area contributed by atoms with Crippen LogP contribution in [0.2, 0.25) is 5.02 Å². The molecule has 1 aliphatic carbocycles. The van der Waals surface area contributed by atoms with Gasteiger partial charge >= 0.3 is 5.97 Å². The van der Waals surface area contributed by atoms with Gasteiger partial charge in [0.15, 0.2) is 0 Å². The van der Waals surface area contributed by atoms with E-state index in [1.54, 1.807) is 12.1 Å². The number of carbonyl (C=O) groups is 2. The largest absolute Gasteiger partial charge is 0.480 e. The third-order valence-corrected chi connectivity index (χ3v) is 4.35. The summed E-state index contributed by atoms with van der Waals surface area (Å²) in [5.41, 5.74) is 0. The molecule has 108 valence electrons. The van der Waals surface area contributed by atoms with Crippen LogP contribution in [0.25, 0.3) is 0 Å². The first-order chi connectivity index (χ1) is 9.54. The zero-order valence-electron chi connectivity index (χ0n) is 10.8. The maximum atomic E-state index is 11.8. The van der Waals surface area contributed by atoms with Crippen LogP contribution in [0.3, 0.4) is 0 Å². The van der Waals surface area contributed by atoms with Gasteiger partial charge in [-0.05, 0) is 36.6 Å². The Kier molecular flexibility index (Phi) is 5.31. The first-order valence-corrected chi connectivity index (χ1v) is 7.81. The summed E-state index contributed by atoms with van der Waals surface area (Å²) in [5.74, 6) is -0.545. The molecule has 4 nitrogen and oxygen atoms in total. The monoisotopic (exact) mass is 313 g/mol. The number of hydrogen-bond donors (Lipinski definition) is 2. The molecule has 1 atom stereocenters. The predicted octanol–water partition coefficient (Wildman–Crippen LogP) is 2.80. The zero-order chi connectivity index (χ0) is 14.5. The minimum absolute atomic E-state index is 0.204. The Morgan fingerprint density at radius 1 is 1.35 bits per heavy atom. The molecule has 1 aromatic rings. The fourth-order valence-electron chi connectivity index (χ4n) is 1.82. The van der Waals surface area contributed by atoms with E-state index in [4.69, 9.17) is 16.7 Å². The summed E-state index contributed by atoms with van der Waals surface area (Å²) in [4.78, 5) is 23.8. The lowest BCUT2D eigenvalue weighted by Gasteiger charge is -2.13. The van der Waals surface area contributed by atoms with Gasteiger partial charge in [-0.15, -0.1) is 11.8 Å². The quantitative estimate of drug-likeness (QED) is 0.760. The molecule has 6 heteroatoms. The van der Waals surface area contributed by atoms with Crippen molar-refractivity contribution in [2.75, 3.05) is 5.75 Å². The van der Waals surface area contributed by atoms with Crippen molar-refractivity contribution in [3.8, 4) is 0 Å². The fraction of sp³-hybridized carbons (Fsp3) is 0.429. The summed E-state index contributed by atoms with van der Waals surface area (Å²) in [5, 5.41) is 12.3. The molecule has 2 rings (SSSR count). The van der Waals surface area contributed by atoms with Crippen LogP contribution in [-0.2, 0) is 9.59 Å². The highest BCUT2D eigenvalue weighted by Gasteiger charge is 2.30. The van der Waals surface area contributed by atoms with E-state index in [1.807, 2.05) is 12.1 Å². The van der Waals surface area contributed by atoms with Gasteiger partial charge in [0.2, 0.25) is 5.91 Å². The molecule has 1 aromatic carbocycles. The summed E-state index contributed by atoms with van der Waals surface area (Å²) >= 11 is 7.14. The molecule has 0 saturated heterocycles. The highest BCUT2D eigenvalue weighted by molar-refractivity contribution is 8.00. The molecule has 0 heterocycles. The normalized spacial score (nSPS) is 15.7. The van der Waals surface area contributed by atoms with Crippen LogP contribution in [0.15, 0.2) is 29.2 Å². The van der Waals surface area contributed by atoms with Crippen LogP contribution in [0.1, 0.15) is 19.3 Å². The lowest BCUT2D eigenvalue weighted by atomic mass is 10.1. The van der Waals surface area contributed by atoms with E-state index in [-0.39, 0.29) is 11.7 Å². The smallest absolute Gasteiger partial charge is 0.326 e. The molecule has 1 unspecified atom stereocenters. The van der Waals surface area contributed by atoms with Gasteiger partial charge in [-0.25, -0.2) is 4.79 Å². The topological polar surface area (TPSA) is 66.4 Å². The van der Waals surface area contributed by atoms with Gasteiger partial charge in [0.25, 0.3) is 0 Å². The molecule has 0 bridgehead atoms. The van der Waals surface area contributed by atoms with Crippen molar-refractivity contribution in [3.05, 3.63) is 29.3 Å². The maximum Gasteiger partial charge on any atom is 0.326 e. The summed E-state index contributed by atoms with van der Waals surface area (Å²) in [6, 6.07) is 6.42. The average Bonchev–Trinajstić information content (AvgIpc) is 3.21. The second kappa shape index (κ2) is 6.99. The number of carbonyl (C=O) groups excluding carboxylic acids is 1. The Bertz CT molecular complexity index is 488. The highest BCUT2D eigenvalue weighted by Crippen LogP contribution is 2.33. The van der Waals surface area contributed by atoms with E-state index >= 15 is 0 Å². The number of benzene rings is 1. The summed E-state index contributed by atoms with van der Waals surface area (Å²) in [7, 11) is 0. The number of aliphatic carboxylic acids is 1. The molecule has 0 aliphatic heterocycles. The Labute approximate surface area is 126 Å². The molecule has 1 amide bonds. The highest BCUT2D eigenvalue weighted by atomic mass is 35.5. The zero-order valence-corrected chi connectivity index (χ0v) is 12.4. The number of hydrogen-bond acceptors (Lipinski definition) is 3. The molecule has 0 spiro atoms. The third-order valence-electron chi connectivity index (χ3n) is 3.08. The molecule has 1 aliphatic rings. The summed E-state index contributed by atoms with van der Waals surface area (Å²) in [6.07, 6.45) is 2.67. The Hall–Kier alpha value is -1.20. The Morgan fingerprint density at radius 2 is 2.00 bits per heavy atom. The van der Waals surface area contributed by atoms with Gasteiger partial charge in [0.05, 0.1) is 5.75 Å². The van der Waals surface area contributed by atoms with Gasteiger partial charge in [0.1, 0.15) is 6.04 Å². The number of rotatable bonds is 7. The van der Waals surface area contributed by atoms with Gasteiger partial charge in [-0.1, -0.05) is 24.4 Å². The number of amides is 1. The van der Waals surface area contributed by atoms with E-state index in [9.17, 15) is 9.59 Å². The van der Waals surface area contributed by atoms with E-state index in [0.29, 0.717) is 17.4 Å². The Balaban J connectivity index is 1.78. The van der Waals surface area contributed by atoms with Crippen molar-refractivity contribution in [2.24, 2.45) is 5.92 Å². The summed E-state index contributed by atoms with van der Waals surface area (Å²) < 4.78 is 0. The van der Waals surface area contributed by atoms with Crippen LogP contribution < -0.4 is 5.32 Å². The summed E-state index contributed by atoms with van der Waals surface area (Å²) in [6.45, 7) is 0. The maximum absolute atomic E-state index is 11.8. The van der Waals surface area contributed by atoms with Crippen molar-refractivity contribution in [2.45, 2.75) is 30.2 Å². The van der Waals surface area contributed by atoms with Crippen LogP contribution in [0.5, 0.6) is 0 Å². The molecular weight excluding hydrogens is 298 g/mol. The van der Waals surface area contributed by atoms with E-state index in [1.165, 1.54) is 11.8 Å². The van der Waals surface area contributed by atoms with E-state index in [0.717, 1.165) is 17.7 Å². The minimum atomic E-state index is -0.957. The van der Waals surface area contributed by atoms with Gasteiger partial charge < -0.3 is 10.4 Å². The second-order valence-electron chi connectivity index (χ2n) is 4.88. The van der Waals surface area contributed by atoms with Crippen molar-refractivity contribution >= 4 is 35.2 Å². The lowest BCUT2D eigenvalue weighted by molar-refractivity contribution is -0.141. The van der Waals surface area contributed by atoms with Crippen LogP contribution in [0.4, 0.5) is 0 Å². The molecule has 0 aromatic heterocycles. The molecule has 20 heavy (non-hydrogen) atoms. The second-order valence-corrected chi connectivity index (χ2v) is 6.37. The number of halogens is 1. The number of thioether (sulfide) groups is 1. The number of carboxylic acids is 1. The van der Waals surface area contributed by atoms with Crippen LogP contribution in [0, 0.1) is 5.92 Å². The van der Waals surface area contributed by atoms with Crippen molar-refractivity contribution in [3.63, 3.8) is 0 Å². The Morgan fingerprint density at radius 3 is 2.55 bits per heavy atom. The van der Waals surface area contributed by atoms with Crippen molar-refractivity contribution in [1.29, 1.82) is 0 Å². The minimum Gasteiger partial charge on any atom is -0.480 e. The molecule has 2 N–H and O–H groups in total. The van der Waals surface area contributed by atoms with E-state index in [2.05, 4.69) is 5.32 Å². The van der Waals surface area contributed by atoms with E-state index < -0.39 is 12.0 Å². The molecule has 0 radical (unpaired) electrons. The fourth-order valence-corrected chi connectivity index (χ4v) is 2.66. The van der Waals surface area contributed by atoms with Gasteiger partial charge in [-0.2, -0.15) is 0 Å². The number of nitrogens with one attached hydrogen (secondary N) is 1. The first kappa shape index (κ1) is 15.2. The molecule has 1 fully saturated rings. The molecule has 1 saturated carbocycles. The average molecular weight is 314 g/mol. The van der Waals surface area contributed by atoms with Crippen molar-refractivity contribution in [1.82, 2.24) is 5.32 Å². The van der Waals surface area contributed by atoms with Gasteiger partial charge in [0, 0.05) is 9.92 Å².